The van der Waals surface area contributed by atoms with Crippen LogP contribution in [-0.4, -0.2) is 38.2 Å². The normalized spacial score (nSPS) is 18.9. The molecule has 4 rings (SSSR count). The first-order valence-corrected chi connectivity index (χ1v) is 9.05. The van der Waals surface area contributed by atoms with Crippen LogP contribution in [0.2, 0.25) is 5.02 Å². The number of hydrogen-bond acceptors (Lipinski definition) is 4. The first kappa shape index (κ1) is 17.6. The molecule has 27 heavy (non-hydrogen) atoms. The van der Waals surface area contributed by atoms with Crippen LogP contribution < -0.4 is 15.1 Å². The fraction of sp³-hybridized carbons (Fsp3) is 0.200. The molecule has 6 nitrogen and oxygen atoms in total. The Bertz CT molecular complexity index is 905. The Kier molecular flexibility index (Phi) is 4.83. The molecule has 0 unspecified atom stereocenters. The summed E-state index contributed by atoms with van der Waals surface area (Å²) in [5.74, 6) is -0.403. The highest BCUT2D eigenvalue weighted by molar-refractivity contribution is 6.32. The highest BCUT2D eigenvalue weighted by atomic mass is 35.5. The van der Waals surface area contributed by atoms with Gasteiger partial charge in [-0.05, 0) is 42.0 Å². The lowest BCUT2D eigenvalue weighted by molar-refractivity contribution is -0.113. The molecule has 2 heterocycles. The third kappa shape index (κ3) is 3.67. The number of amides is 3. The van der Waals surface area contributed by atoms with Crippen LogP contribution in [-0.2, 0) is 9.53 Å². The van der Waals surface area contributed by atoms with Gasteiger partial charge in [-0.25, -0.2) is 9.69 Å². The molecule has 0 spiro atoms. The number of morpholine rings is 1. The molecule has 138 valence electrons. The highest BCUT2D eigenvalue weighted by Gasteiger charge is 2.34. The number of nitrogens with one attached hydrogen (secondary N) is 1. The minimum absolute atomic E-state index is 0.235. The third-order valence-electron chi connectivity index (χ3n) is 4.52. The maximum Gasteiger partial charge on any atom is 0.333 e. The van der Waals surface area contributed by atoms with Crippen LogP contribution in [0.25, 0.3) is 6.08 Å². The summed E-state index contributed by atoms with van der Waals surface area (Å²) >= 11 is 5.97. The third-order valence-corrected chi connectivity index (χ3v) is 4.76. The van der Waals surface area contributed by atoms with Gasteiger partial charge < -0.3 is 15.0 Å². The number of rotatable bonds is 3. The van der Waals surface area contributed by atoms with Crippen molar-refractivity contribution in [1.82, 2.24) is 5.32 Å². The summed E-state index contributed by atoms with van der Waals surface area (Å²) in [6, 6.07) is 14.0. The zero-order chi connectivity index (χ0) is 18.8. The van der Waals surface area contributed by atoms with E-state index < -0.39 is 11.9 Å². The minimum atomic E-state index is -0.488. The fourth-order valence-electron chi connectivity index (χ4n) is 3.15. The van der Waals surface area contributed by atoms with Gasteiger partial charge in [0, 0.05) is 23.8 Å². The van der Waals surface area contributed by atoms with Crippen LogP contribution in [0.1, 0.15) is 5.56 Å². The molecule has 0 saturated carbocycles. The van der Waals surface area contributed by atoms with Crippen molar-refractivity contribution in [2.75, 3.05) is 36.1 Å². The molecular weight excluding hydrogens is 366 g/mol. The van der Waals surface area contributed by atoms with Gasteiger partial charge in [0.05, 0.1) is 18.9 Å². The number of halogens is 1. The van der Waals surface area contributed by atoms with Crippen molar-refractivity contribution >= 4 is 41.0 Å². The van der Waals surface area contributed by atoms with Gasteiger partial charge in [-0.2, -0.15) is 0 Å². The van der Waals surface area contributed by atoms with Crippen LogP contribution in [0.5, 0.6) is 0 Å². The largest absolute Gasteiger partial charge is 0.378 e. The van der Waals surface area contributed by atoms with Crippen molar-refractivity contribution < 1.29 is 14.3 Å². The summed E-state index contributed by atoms with van der Waals surface area (Å²) < 4.78 is 5.37. The summed E-state index contributed by atoms with van der Waals surface area (Å²) in [5, 5.41) is 3.09. The lowest BCUT2D eigenvalue weighted by Crippen LogP contribution is -2.36. The zero-order valence-corrected chi connectivity index (χ0v) is 15.3. The summed E-state index contributed by atoms with van der Waals surface area (Å²) in [6.45, 7) is 3.19. The first-order valence-electron chi connectivity index (χ1n) is 8.67. The highest BCUT2D eigenvalue weighted by Crippen LogP contribution is 2.25. The van der Waals surface area contributed by atoms with E-state index in [0.717, 1.165) is 42.5 Å². The summed E-state index contributed by atoms with van der Waals surface area (Å²) in [6.07, 6.45) is 1.67. The van der Waals surface area contributed by atoms with Crippen molar-refractivity contribution in [3.05, 3.63) is 64.8 Å². The number of imide groups is 1. The molecule has 2 aliphatic rings. The van der Waals surface area contributed by atoms with Crippen LogP contribution in [0.3, 0.4) is 0 Å². The second-order valence-corrected chi connectivity index (χ2v) is 6.74. The van der Waals surface area contributed by atoms with Gasteiger partial charge in [0.15, 0.2) is 0 Å². The lowest BCUT2D eigenvalue weighted by atomic mass is 10.1. The van der Waals surface area contributed by atoms with Gasteiger partial charge in [-0.3, -0.25) is 4.79 Å². The Labute approximate surface area is 162 Å². The van der Waals surface area contributed by atoms with Crippen LogP contribution in [0, 0.1) is 0 Å². The van der Waals surface area contributed by atoms with E-state index in [9.17, 15) is 9.59 Å². The van der Waals surface area contributed by atoms with E-state index in [-0.39, 0.29) is 5.70 Å². The van der Waals surface area contributed by atoms with Gasteiger partial charge in [-0.15, -0.1) is 0 Å². The van der Waals surface area contributed by atoms with E-state index in [0.29, 0.717) is 10.7 Å². The molecule has 2 aliphatic heterocycles. The first-order chi connectivity index (χ1) is 13.1. The van der Waals surface area contributed by atoms with Gasteiger partial charge in [0.1, 0.15) is 5.70 Å². The predicted molar refractivity (Wildman–Crippen MR) is 105 cm³/mol. The number of benzene rings is 2. The van der Waals surface area contributed by atoms with Gasteiger partial charge in [-0.1, -0.05) is 29.8 Å². The minimum Gasteiger partial charge on any atom is -0.378 e. The monoisotopic (exact) mass is 383 g/mol. The van der Waals surface area contributed by atoms with E-state index in [1.807, 2.05) is 24.3 Å². The summed E-state index contributed by atoms with van der Waals surface area (Å²) in [7, 11) is 0. The van der Waals surface area contributed by atoms with Crippen molar-refractivity contribution in [3.8, 4) is 0 Å². The van der Waals surface area contributed by atoms with E-state index in [1.165, 1.54) is 0 Å². The fourth-order valence-corrected chi connectivity index (χ4v) is 3.34. The molecule has 3 amide bonds. The molecule has 0 radical (unpaired) electrons. The van der Waals surface area contributed by atoms with Gasteiger partial charge in [0.25, 0.3) is 5.91 Å². The summed E-state index contributed by atoms with van der Waals surface area (Å²) in [5.41, 5.74) is 2.63. The SMILES string of the molecule is O=C1N/C(=C/c2ccc(N3CCOCC3)cc2)C(=O)N1c1cccc(Cl)c1. The molecule has 0 aliphatic carbocycles. The van der Waals surface area contributed by atoms with E-state index in [2.05, 4.69) is 10.2 Å². The van der Waals surface area contributed by atoms with Crippen molar-refractivity contribution in [2.24, 2.45) is 0 Å². The maximum atomic E-state index is 12.7. The van der Waals surface area contributed by atoms with Crippen LogP contribution in [0.15, 0.2) is 54.2 Å². The molecular formula is C20H18ClN3O3. The number of urea groups is 1. The quantitative estimate of drug-likeness (QED) is 0.652. The number of nitrogens with zero attached hydrogens (tertiary/aromatic N) is 2. The van der Waals surface area contributed by atoms with E-state index >= 15 is 0 Å². The number of ether oxygens (including phenoxy) is 1. The van der Waals surface area contributed by atoms with Gasteiger partial charge in [0.2, 0.25) is 0 Å². The standard InChI is InChI=1S/C20H18ClN3O3/c21-15-2-1-3-17(13-15)24-19(25)18(22-20(24)26)12-14-4-6-16(7-5-14)23-8-10-27-11-9-23/h1-7,12-13H,8-11H2,(H,22,26)/b18-12+. The predicted octanol–water partition coefficient (Wildman–Crippen LogP) is 3.27. The Morgan fingerprint density at radius 2 is 1.74 bits per heavy atom. The zero-order valence-electron chi connectivity index (χ0n) is 14.5. The average molecular weight is 384 g/mol. The second kappa shape index (κ2) is 7.42. The van der Waals surface area contributed by atoms with E-state index in [4.69, 9.17) is 16.3 Å². The molecule has 2 fully saturated rings. The molecule has 0 bridgehead atoms. The van der Waals surface area contributed by atoms with Crippen LogP contribution >= 0.6 is 11.6 Å². The number of anilines is 2. The molecule has 2 aromatic rings. The molecule has 7 heteroatoms. The van der Waals surface area contributed by atoms with Crippen molar-refractivity contribution in [3.63, 3.8) is 0 Å². The Morgan fingerprint density at radius 1 is 1.00 bits per heavy atom. The number of hydrogen-bond donors (Lipinski definition) is 1. The molecule has 2 aromatic carbocycles. The summed E-state index contributed by atoms with van der Waals surface area (Å²) in [4.78, 5) is 28.2. The number of carbonyl (C=O) groups excluding carboxylic acids is 2. The lowest BCUT2D eigenvalue weighted by Gasteiger charge is -2.28. The average Bonchev–Trinajstić information content (AvgIpc) is 2.96. The Hall–Kier alpha value is -2.83. The smallest absolute Gasteiger partial charge is 0.333 e. The number of carbonyl (C=O) groups is 2. The van der Waals surface area contributed by atoms with Crippen LogP contribution in [0.4, 0.5) is 16.2 Å². The van der Waals surface area contributed by atoms with Crippen molar-refractivity contribution in [1.29, 1.82) is 0 Å². The van der Waals surface area contributed by atoms with Crippen molar-refractivity contribution in [2.45, 2.75) is 0 Å². The Morgan fingerprint density at radius 3 is 2.44 bits per heavy atom. The molecule has 1 N–H and O–H groups in total. The molecule has 2 saturated heterocycles. The Balaban J connectivity index is 1.54. The molecule has 0 atom stereocenters. The topological polar surface area (TPSA) is 61.9 Å². The second-order valence-electron chi connectivity index (χ2n) is 6.30. The maximum absolute atomic E-state index is 12.7. The van der Waals surface area contributed by atoms with Gasteiger partial charge >= 0.3 is 6.03 Å². The molecule has 0 aromatic heterocycles. The van der Waals surface area contributed by atoms with E-state index in [1.54, 1.807) is 30.3 Å².